The third kappa shape index (κ3) is 6.44. The molecule has 8 heteroatoms. The smallest absolute Gasteiger partial charge is 0.319 e. The fraction of sp³-hybridized carbons (Fsp3) is 0.536. The number of ether oxygens (including phenoxy) is 3. The first-order chi connectivity index (χ1) is 17.5. The lowest BCUT2D eigenvalue weighted by atomic mass is 9.90. The van der Waals surface area contributed by atoms with Crippen LogP contribution in [0.1, 0.15) is 55.8 Å². The number of aliphatic hydroxyl groups is 1. The largest absolute Gasteiger partial charge is 0.392 e. The van der Waals surface area contributed by atoms with Gasteiger partial charge in [0.15, 0.2) is 6.29 Å². The number of carbonyl (C=O) groups excluding carboxylic acids is 1. The molecule has 0 spiro atoms. The van der Waals surface area contributed by atoms with E-state index in [4.69, 9.17) is 14.2 Å². The summed E-state index contributed by atoms with van der Waals surface area (Å²) in [6.07, 6.45) is 1.49. The summed E-state index contributed by atoms with van der Waals surface area (Å²) in [5, 5.41) is 15.1. The van der Waals surface area contributed by atoms with E-state index in [1.807, 2.05) is 55.5 Å². The molecule has 5 atom stereocenters. The number of carbonyl (C=O) groups is 1. The lowest BCUT2D eigenvalue weighted by molar-refractivity contribution is -0.276. The van der Waals surface area contributed by atoms with Crippen molar-refractivity contribution in [1.82, 2.24) is 10.2 Å². The van der Waals surface area contributed by atoms with Gasteiger partial charge in [-0.2, -0.15) is 0 Å². The number of nitrogens with one attached hydrogen (secondary N) is 2. The maximum atomic E-state index is 12.0. The van der Waals surface area contributed by atoms with Crippen molar-refractivity contribution >= 4 is 11.7 Å². The van der Waals surface area contributed by atoms with Gasteiger partial charge < -0.3 is 30.0 Å². The molecule has 2 fully saturated rings. The molecular formula is C28H39N3O5. The lowest BCUT2D eigenvalue weighted by Crippen LogP contribution is -2.46. The Bertz CT molecular complexity index is 985. The minimum Gasteiger partial charge on any atom is -0.392 e. The van der Waals surface area contributed by atoms with Gasteiger partial charge in [-0.05, 0) is 49.6 Å². The molecule has 8 nitrogen and oxygen atoms in total. The minimum absolute atomic E-state index is 0.0109. The Balaban J connectivity index is 1.58. The zero-order chi connectivity index (χ0) is 25.5. The highest BCUT2D eigenvalue weighted by Crippen LogP contribution is 2.42. The van der Waals surface area contributed by atoms with Crippen LogP contribution in [0.3, 0.4) is 0 Å². The highest BCUT2D eigenvalue weighted by molar-refractivity contribution is 5.89. The Kier molecular flexibility index (Phi) is 9.34. The molecule has 2 heterocycles. The van der Waals surface area contributed by atoms with Gasteiger partial charge in [0.25, 0.3) is 0 Å². The number of anilines is 1. The molecule has 2 aromatic rings. The molecule has 2 amide bonds. The molecule has 0 bridgehead atoms. The Morgan fingerprint density at radius 3 is 2.69 bits per heavy atom. The van der Waals surface area contributed by atoms with E-state index in [1.54, 1.807) is 7.11 Å². The summed E-state index contributed by atoms with van der Waals surface area (Å²) in [6, 6.07) is 15.7. The van der Waals surface area contributed by atoms with Crippen molar-refractivity contribution < 1.29 is 24.1 Å². The van der Waals surface area contributed by atoms with Crippen LogP contribution in [0.4, 0.5) is 10.5 Å². The van der Waals surface area contributed by atoms with Crippen molar-refractivity contribution in [1.29, 1.82) is 0 Å². The van der Waals surface area contributed by atoms with Crippen LogP contribution in [0, 0.1) is 5.92 Å². The van der Waals surface area contributed by atoms with Crippen LogP contribution in [0.25, 0.3) is 0 Å². The van der Waals surface area contributed by atoms with E-state index in [-0.39, 0.29) is 30.8 Å². The van der Waals surface area contributed by atoms with Crippen molar-refractivity contribution in [2.45, 2.75) is 57.8 Å². The summed E-state index contributed by atoms with van der Waals surface area (Å²) >= 11 is 0. The average molecular weight is 498 g/mol. The topological polar surface area (TPSA) is 92.3 Å². The predicted octanol–water partition coefficient (Wildman–Crippen LogP) is 4.22. The van der Waals surface area contributed by atoms with Gasteiger partial charge in [0.05, 0.1) is 25.4 Å². The SMILES string of the molecule is CCNC(=O)Nc1cccc([C@@H]2O[C@H](CN3CCC[C@H]3COC)[C@H](C)[C@H](c3ccc(CO)cc3)O2)c1. The Hall–Kier alpha value is -2.49. The number of rotatable bonds is 9. The summed E-state index contributed by atoms with van der Waals surface area (Å²) in [6.45, 7) is 7.19. The second kappa shape index (κ2) is 12.7. The minimum atomic E-state index is -0.576. The molecule has 196 valence electrons. The predicted molar refractivity (Wildman–Crippen MR) is 139 cm³/mol. The second-order valence-electron chi connectivity index (χ2n) is 9.68. The van der Waals surface area contributed by atoms with Crippen LogP contribution < -0.4 is 10.6 Å². The first kappa shape index (κ1) is 26.6. The van der Waals surface area contributed by atoms with Gasteiger partial charge in [-0.3, -0.25) is 4.90 Å². The van der Waals surface area contributed by atoms with E-state index in [9.17, 15) is 9.90 Å². The molecule has 0 aliphatic carbocycles. The first-order valence-electron chi connectivity index (χ1n) is 12.9. The van der Waals surface area contributed by atoms with E-state index in [2.05, 4.69) is 22.5 Å². The van der Waals surface area contributed by atoms with Gasteiger partial charge in [0, 0.05) is 43.4 Å². The van der Waals surface area contributed by atoms with Gasteiger partial charge in [0.2, 0.25) is 0 Å². The molecule has 36 heavy (non-hydrogen) atoms. The Morgan fingerprint density at radius 1 is 1.17 bits per heavy atom. The number of hydrogen-bond acceptors (Lipinski definition) is 6. The number of amides is 2. The van der Waals surface area contributed by atoms with Crippen LogP contribution in [0.2, 0.25) is 0 Å². The number of nitrogens with zero attached hydrogens (tertiary/aromatic N) is 1. The fourth-order valence-corrected chi connectivity index (χ4v) is 5.17. The first-order valence-corrected chi connectivity index (χ1v) is 12.9. The van der Waals surface area contributed by atoms with Crippen LogP contribution in [0.5, 0.6) is 0 Å². The molecule has 2 aliphatic heterocycles. The summed E-state index contributed by atoms with van der Waals surface area (Å²) in [5.41, 5.74) is 3.47. The van der Waals surface area contributed by atoms with Crippen molar-refractivity contribution in [2.75, 3.05) is 38.7 Å². The number of methoxy groups -OCH3 is 1. The maximum absolute atomic E-state index is 12.0. The van der Waals surface area contributed by atoms with Crippen molar-refractivity contribution in [3.63, 3.8) is 0 Å². The molecule has 0 unspecified atom stereocenters. The van der Waals surface area contributed by atoms with E-state index in [0.717, 1.165) is 49.2 Å². The summed E-state index contributed by atoms with van der Waals surface area (Å²) in [5.74, 6) is 0.113. The van der Waals surface area contributed by atoms with Gasteiger partial charge in [0.1, 0.15) is 0 Å². The van der Waals surface area contributed by atoms with Gasteiger partial charge in [-0.25, -0.2) is 4.79 Å². The van der Waals surface area contributed by atoms with E-state index >= 15 is 0 Å². The van der Waals surface area contributed by atoms with Crippen LogP contribution in [-0.2, 0) is 20.8 Å². The quantitative estimate of drug-likeness (QED) is 0.480. The summed E-state index contributed by atoms with van der Waals surface area (Å²) in [7, 11) is 1.76. The number of hydrogen-bond donors (Lipinski definition) is 3. The molecule has 4 rings (SSSR count). The van der Waals surface area contributed by atoms with Gasteiger partial charge in [-0.15, -0.1) is 0 Å². The molecule has 0 saturated carbocycles. The van der Waals surface area contributed by atoms with Crippen LogP contribution in [0.15, 0.2) is 48.5 Å². The van der Waals surface area contributed by atoms with E-state index < -0.39 is 6.29 Å². The van der Waals surface area contributed by atoms with Gasteiger partial charge >= 0.3 is 6.03 Å². The summed E-state index contributed by atoms with van der Waals surface area (Å²) < 4.78 is 18.6. The molecule has 0 radical (unpaired) electrons. The normalized spacial score (nSPS) is 26.6. The molecule has 2 saturated heterocycles. The number of benzene rings is 2. The molecule has 2 aliphatic rings. The molecule has 3 N–H and O–H groups in total. The van der Waals surface area contributed by atoms with Crippen LogP contribution in [-0.4, -0.2) is 61.5 Å². The molecule has 0 aromatic heterocycles. The molecule has 2 aromatic carbocycles. The lowest BCUT2D eigenvalue weighted by Gasteiger charge is -2.43. The van der Waals surface area contributed by atoms with E-state index in [1.165, 1.54) is 0 Å². The monoisotopic (exact) mass is 497 g/mol. The number of likely N-dealkylation sites (tertiary alicyclic amines) is 1. The van der Waals surface area contributed by atoms with Crippen molar-refractivity contribution in [2.24, 2.45) is 5.92 Å². The maximum Gasteiger partial charge on any atom is 0.319 e. The number of aliphatic hydroxyl groups excluding tert-OH is 1. The standard InChI is InChI=1S/C28H39N3O5/c1-4-29-28(33)30-23-8-5-7-22(15-23)27-35-25(16-31-14-6-9-24(31)18-34-3)19(2)26(36-27)21-12-10-20(17-32)11-13-21/h5,7-8,10-13,15,19,24-27,32H,4,6,9,14,16-18H2,1-3H3,(H2,29,30,33)/t19-,24-,25+,26+,27+/m0/s1. The summed E-state index contributed by atoms with van der Waals surface area (Å²) in [4.78, 5) is 14.5. The average Bonchev–Trinajstić information content (AvgIpc) is 3.32. The highest BCUT2D eigenvalue weighted by Gasteiger charge is 2.40. The Labute approximate surface area is 213 Å². The fourth-order valence-electron chi connectivity index (χ4n) is 5.17. The zero-order valence-corrected chi connectivity index (χ0v) is 21.5. The second-order valence-corrected chi connectivity index (χ2v) is 9.68. The Morgan fingerprint density at radius 2 is 1.97 bits per heavy atom. The number of urea groups is 1. The highest BCUT2D eigenvalue weighted by atomic mass is 16.7. The zero-order valence-electron chi connectivity index (χ0n) is 21.5. The molecular weight excluding hydrogens is 458 g/mol. The van der Waals surface area contributed by atoms with Gasteiger partial charge in [-0.1, -0.05) is 43.3 Å². The van der Waals surface area contributed by atoms with Crippen molar-refractivity contribution in [3.05, 3.63) is 65.2 Å². The third-order valence-corrected chi connectivity index (χ3v) is 7.15. The van der Waals surface area contributed by atoms with Crippen LogP contribution >= 0.6 is 0 Å². The third-order valence-electron chi connectivity index (χ3n) is 7.15. The van der Waals surface area contributed by atoms with E-state index in [0.29, 0.717) is 18.3 Å². The van der Waals surface area contributed by atoms with Crippen molar-refractivity contribution in [3.8, 4) is 0 Å².